The van der Waals surface area contributed by atoms with Crippen molar-refractivity contribution in [3.05, 3.63) is 32.2 Å². The molecule has 0 bridgehead atoms. The number of carbonyl (C=O) groups is 1. The summed E-state index contributed by atoms with van der Waals surface area (Å²) >= 11 is 6.21. The molecule has 1 rings (SSSR count). The first kappa shape index (κ1) is 12.2. The second-order valence-corrected chi connectivity index (χ2v) is 4.38. The van der Waals surface area contributed by atoms with Crippen LogP contribution in [0.5, 0.6) is 0 Å². The summed E-state index contributed by atoms with van der Waals surface area (Å²) in [6.45, 7) is 0. The van der Waals surface area contributed by atoms with Crippen molar-refractivity contribution in [1.82, 2.24) is 0 Å². The zero-order valence-corrected chi connectivity index (χ0v) is 10.4. The topological polar surface area (TPSA) is 81.3 Å². The summed E-state index contributed by atoms with van der Waals surface area (Å²) in [6, 6.07) is 5.00. The van der Waals surface area contributed by atoms with Gasteiger partial charge in [0.2, 0.25) is 0 Å². The molecule has 0 heterocycles. The summed E-state index contributed by atoms with van der Waals surface area (Å²) in [5.41, 5.74) is 0.165. The highest BCUT2D eigenvalue weighted by Gasteiger charge is 2.23. The Labute approximate surface area is 102 Å². The summed E-state index contributed by atoms with van der Waals surface area (Å²) in [4.78, 5) is 10.6. The first-order valence-electron chi connectivity index (χ1n) is 3.78. The zero-order valence-electron chi connectivity index (χ0n) is 7.24. The molecule has 0 aliphatic heterocycles. The molecule has 0 amide bonds. The van der Waals surface area contributed by atoms with Crippen molar-refractivity contribution in [3.63, 3.8) is 0 Å². The highest BCUT2D eigenvalue weighted by Crippen LogP contribution is 2.31. The molecular weight excluding hydrogens is 330 g/mol. The molecule has 0 spiro atoms. The van der Waals surface area contributed by atoms with Gasteiger partial charge in [0.05, 0.1) is 5.56 Å². The maximum atomic E-state index is 10.6. The van der Waals surface area contributed by atoms with Crippen LogP contribution in [0.3, 0.4) is 0 Å². The fourth-order valence-electron chi connectivity index (χ4n) is 1.07. The van der Waals surface area contributed by atoms with E-state index in [0.29, 0.717) is 8.95 Å². The van der Waals surface area contributed by atoms with E-state index in [1.165, 1.54) is 0 Å². The third-order valence-corrected chi connectivity index (χ3v) is 3.11. The molecule has 0 fully saturated rings. The number of rotatable bonds is 2. The van der Waals surface area contributed by atoms with Gasteiger partial charge in [-0.3, -0.25) is 0 Å². The van der Waals surface area contributed by atoms with Crippen LogP contribution >= 0.6 is 31.9 Å². The lowest BCUT2D eigenvalue weighted by Gasteiger charge is -2.11. The van der Waals surface area contributed by atoms with Gasteiger partial charge in [-0.25, -0.2) is 4.79 Å². The highest BCUT2D eigenvalue weighted by atomic mass is 79.9. The minimum atomic E-state index is -1.72. The lowest BCUT2D eigenvalue weighted by molar-refractivity contribution is -0.147. The fourth-order valence-corrected chi connectivity index (χ4v) is 2.05. The number of hydrogen-bond acceptors (Lipinski definition) is 3. The molecule has 6 heteroatoms. The molecule has 15 heavy (non-hydrogen) atoms. The number of aliphatic hydroxyl groups excluding tert-OH is 1. The van der Waals surface area contributed by atoms with Crippen molar-refractivity contribution in [3.8, 4) is 6.07 Å². The summed E-state index contributed by atoms with van der Waals surface area (Å²) < 4.78 is 0.834. The second-order valence-electron chi connectivity index (χ2n) is 2.67. The number of carboxylic acid groups (broad SMARTS) is 1. The Morgan fingerprint density at radius 3 is 2.40 bits per heavy atom. The van der Waals surface area contributed by atoms with Gasteiger partial charge in [-0.1, -0.05) is 15.9 Å². The molecule has 0 aromatic heterocycles. The Morgan fingerprint density at radius 1 is 1.40 bits per heavy atom. The van der Waals surface area contributed by atoms with E-state index in [9.17, 15) is 9.90 Å². The summed E-state index contributed by atoms with van der Waals surface area (Å²) in [6.07, 6.45) is -1.72. The zero-order chi connectivity index (χ0) is 11.6. The number of nitriles is 1. The molecule has 0 saturated heterocycles. The van der Waals surface area contributed by atoms with E-state index >= 15 is 0 Å². The van der Waals surface area contributed by atoms with E-state index in [1.54, 1.807) is 12.1 Å². The Hall–Kier alpha value is -0.900. The van der Waals surface area contributed by atoms with Crippen molar-refractivity contribution in [1.29, 1.82) is 5.26 Å². The van der Waals surface area contributed by atoms with Crippen LogP contribution in [0, 0.1) is 11.3 Å². The summed E-state index contributed by atoms with van der Waals surface area (Å²) in [5, 5.41) is 26.9. The third-order valence-electron chi connectivity index (χ3n) is 1.76. The fraction of sp³-hybridized carbons (Fsp3) is 0.111. The van der Waals surface area contributed by atoms with E-state index < -0.39 is 12.1 Å². The second kappa shape index (κ2) is 4.75. The van der Waals surface area contributed by atoms with Crippen LogP contribution in [0.25, 0.3) is 0 Å². The number of aliphatic carboxylic acids is 1. The van der Waals surface area contributed by atoms with Crippen LogP contribution in [-0.2, 0) is 4.79 Å². The van der Waals surface area contributed by atoms with Gasteiger partial charge in [-0.15, -0.1) is 0 Å². The Bertz CT molecular complexity index is 453. The number of nitrogens with zero attached hydrogens (tertiary/aromatic N) is 1. The number of hydrogen-bond donors (Lipinski definition) is 2. The van der Waals surface area contributed by atoms with Crippen molar-refractivity contribution >= 4 is 37.8 Å². The molecule has 4 nitrogen and oxygen atoms in total. The van der Waals surface area contributed by atoms with Gasteiger partial charge in [0.15, 0.2) is 6.10 Å². The minimum Gasteiger partial charge on any atom is -0.479 e. The van der Waals surface area contributed by atoms with Gasteiger partial charge in [0.1, 0.15) is 6.07 Å². The average Bonchev–Trinajstić information content (AvgIpc) is 2.19. The minimum absolute atomic E-state index is 0.0550. The average molecular weight is 335 g/mol. The van der Waals surface area contributed by atoms with Crippen molar-refractivity contribution in [2.75, 3.05) is 0 Å². The highest BCUT2D eigenvalue weighted by molar-refractivity contribution is 9.11. The Kier molecular flexibility index (Phi) is 3.85. The van der Waals surface area contributed by atoms with Gasteiger partial charge in [-0.2, -0.15) is 5.26 Å². The number of halogens is 2. The van der Waals surface area contributed by atoms with Crippen LogP contribution in [-0.4, -0.2) is 16.2 Å². The Morgan fingerprint density at radius 2 is 1.93 bits per heavy atom. The number of aliphatic hydroxyl groups is 1. The monoisotopic (exact) mass is 333 g/mol. The van der Waals surface area contributed by atoms with Gasteiger partial charge in [0, 0.05) is 14.5 Å². The molecular formula is C9H5Br2NO3. The predicted molar refractivity (Wildman–Crippen MR) is 59.2 cm³/mol. The van der Waals surface area contributed by atoms with Gasteiger partial charge < -0.3 is 10.2 Å². The number of benzene rings is 1. The molecule has 78 valence electrons. The van der Waals surface area contributed by atoms with E-state index in [2.05, 4.69) is 31.9 Å². The maximum Gasteiger partial charge on any atom is 0.337 e. The van der Waals surface area contributed by atoms with E-state index in [1.807, 2.05) is 6.07 Å². The Balaban J connectivity index is 3.46. The molecule has 0 aliphatic carbocycles. The van der Waals surface area contributed by atoms with Gasteiger partial charge >= 0.3 is 5.97 Å². The van der Waals surface area contributed by atoms with Crippen LogP contribution in [0.1, 0.15) is 17.2 Å². The van der Waals surface area contributed by atoms with Crippen LogP contribution in [0.15, 0.2) is 21.1 Å². The number of carboxylic acids is 1. The lowest BCUT2D eigenvalue weighted by Crippen LogP contribution is -2.13. The summed E-state index contributed by atoms with van der Waals surface area (Å²) in [7, 11) is 0. The van der Waals surface area contributed by atoms with E-state index in [0.717, 1.165) is 0 Å². The largest absolute Gasteiger partial charge is 0.479 e. The molecule has 0 radical (unpaired) electrons. The van der Waals surface area contributed by atoms with Gasteiger partial charge in [0.25, 0.3) is 0 Å². The van der Waals surface area contributed by atoms with Gasteiger partial charge in [-0.05, 0) is 28.1 Å². The quantitative estimate of drug-likeness (QED) is 0.868. The van der Waals surface area contributed by atoms with Crippen molar-refractivity contribution < 1.29 is 15.0 Å². The van der Waals surface area contributed by atoms with Crippen LogP contribution in [0.2, 0.25) is 0 Å². The van der Waals surface area contributed by atoms with Crippen molar-refractivity contribution in [2.45, 2.75) is 6.10 Å². The SMILES string of the molecule is N#Cc1c(Br)ccc(Br)c1C(O)C(=O)O. The van der Waals surface area contributed by atoms with Crippen LogP contribution < -0.4 is 0 Å². The van der Waals surface area contributed by atoms with Crippen LogP contribution in [0.4, 0.5) is 0 Å². The van der Waals surface area contributed by atoms with E-state index in [4.69, 9.17) is 10.4 Å². The third kappa shape index (κ3) is 2.37. The smallest absolute Gasteiger partial charge is 0.337 e. The summed E-state index contributed by atoms with van der Waals surface area (Å²) in [5.74, 6) is -1.40. The molecule has 2 N–H and O–H groups in total. The predicted octanol–water partition coefficient (Wildman–Crippen LogP) is 2.20. The standard InChI is InChI=1S/C9H5Br2NO3/c10-5-1-2-6(11)7(4(5)3-12)8(13)9(14)15/h1-2,8,13H,(H,14,15). The molecule has 1 aromatic rings. The molecule has 0 saturated carbocycles. The lowest BCUT2D eigenvalue weighted by atomic mass is 10.0. The molecule has 1 atom stereocenters. The molecule has 1 unspecified atom stereocenters. The van der Waals surface area contributed by atoms with Crippen molar-refractivity contribution in [2.24, 2.45) is 0 Å². The molecule has 0 aliphatic rings. The molecule has 1 aromatic carbocycles. The maximum absolute atomic E-state index is 10.6. The van der Waals surface area contributed by atoms with E-state index in [-0.39, 0.29) is 11.1 Å². The first-order valence-corrected chi connectivity index (χ1v) is 5.36. The normalized spacial score (nSPS) is 11.9. The first-order chi connectivity index (χ1) is 6.99.